The first kappa shape index (κ1) is 16.3. The van der Waals surface area contributed by atoms with Crippen LogP contribution < -0.4 is 10.9 Å². The highest BCUT2D eigenvalue weighted by Crippen LogP contribution is 2.30. The van der Waals surface area contributed by atoms with Crippen molar-refractivity contribution < 1.29 is 19.5 Å². The average Bonchev–Trinajstić information content (AvgIpc) is 2.53. The Hall–Kier alpha value is -2.08. The lowest BCUT2D eigenvalue weighted by atomic mass is 9.79. The van der Waals surface area contributed by atoms with E-state index < -0.39 is 29.6 Å². The number of carboxylic acid groups (broad SMARTS) is 1. The van der Waals surface area contributed by atoms with Crippen molar-refractivity contribution in [3.05, 3.63) is 34.9 Å². The van der Waals surface area contributed by atoms with Crippen LogP contribution in [0.5, 0.6) is 0 Å². The predicted molar refractivity (Wildman–Crippen MR) is 80.1 cm³/mol. The van der Waals surface area contributed by atoms with Crippen molar-refractivity contribution in [3.8, 4) is 0 Å². The first-order valence-corrected chi connectivity index (χ1v) is 7.45. The highest BCUT2D eigenvalue weighted by atomic mass is 35.5. The van der Waals surface area contributed by atoms with Crippen molar-refractivity contribution >= 4 is 29.4 Å². The molecular formula is C15H17ClN2O4. The Morgan fingerprint density at radius 2 is 1.59 bits per heavy atom. The average molecular weight is 325 g/mol. The zero-order valence-electron chi connectivity index (χ0n) is 11.8. The molecule has 3 N–H and O–H groups in total. The third-order valence-corrected chi connectivity index (χ3v) is 4.08. The van der Waals surface area contributed by atoms with Gasteiger partial charge in [-0.15, -0.1) is 0 Å². The Labute approximate surface area is 132 Å². The maximum Gasteiger partial charge on any atom is 0.307 e. The molecule has 1 aliphatic rings. The van der Waals surface area contributed by atoms with Gasteiger partial charge in [-0.25, -0.2) is 0 Å². The monoisotopic (exact) mass is 324 g/mol. The van der Waals surface area contributed by atoms with Crippen molar-refractivity contribution in [3.63, 3.8) is 0 Å². The third kappa shape index (κ3) is 3.98. The van der Waals surface area contributed by atoms with Crippen LogP contribution in [0, 0.1) is 11.8 Å². The number of rotatable bonds is 3. The van der Waals surface area contributed by atoms with E-state index in [2.05, 4.69) is 10.9 Å². The maximum atomic E-state index is 12.1. The largest absolute Gasteiger partial charge is 0.481 e. The number of carboxylic acids is 1. The third-order valence-electron chi connectivity index (χ3n) is 3.83. The summed E-state index contributed by atoms with van der Waals surface area (Å²) in [6.07, 6.45) is 2.61. The predicted octanol–water partition coefficient (Wildman–Crippen LogP) is 1.99. The van der Waals surface area contributed by atoms with Crippen LogP contribution in [0.15, 0.2) is 24.3 Å². The molecule has 22 heavy (non-hydrogen) atoms. The number of aliphatic carboxylic acids is 1. The number of hydrogen-bond donors (Lipinski definition) is 3. The Kier molecular flexibility index (Phi) is 5.38. The van der Waals surface area contributed by atoms with Gasteiger partial charge in [0.2, 0.25) is 5.91 Å². The SMILES string of the molecule is O=C(NNC(=O)[C@H]1CCCC[C@@H]1C(=O)O)c1ccc(Cl)cc1. The van der Waals surface area contributed by atoms with Gasteiger partial charge in [0.05, 0.1) is 11.8 Å². The minimum absolute atomic E-state index is 0.350. The van der Waals surface area contributed by atoms with E-state index in [1.165, 1.54) is 12.1 Å². The summed E-state index contributed by atoms with van der Waals surface area (Å²) in [4.78, 5) is 35.1. The molecule has 0 unspecified atom stereocenters. The smallest absolute Gasteiger partial charge is 0.307 e. The molecule has 1 aromatic carbocycles. The molecule has 6 nitrogen and oxygen atoms in total. The number of hydrazine groups is 1. The molecule has 0 bridgehead atoms. The summed E-state index contributed by atoms with van der Waals surface area (Å²) >= 11 is 5.73. The van der Waals surface area contributed by atoms with Crippen LogP contribution in [0.2, 0.25) is 5.02 Å². The normalized spacial score (nSPS) is 21.0. The highest BCUT2D eigenvalue weighted by Gasteiger charge is 2.35. The highest BCUT2D eigenvalue weighted by molar-refractivity contribution is 6.30. The van der Waals surface area contributed by atoms with Gasteiger partial charge in [0, 0.05) is 10.6 Å². The maximum absolute atomic E-state index is 12.1. The summed E-state index contributed by atoms with van der Waals surface area (Å²) in [6.45, 7) is 0. The quantitative estimate of drug-likeness (QED) is 0.741. The molecule has 0 saturated heterocycles. The lowest BCUT2D eigenvalue weighted by molar-refractivity contribution is -0.149. The zero-order chi connectivity index (χ0) is 16.1. The molecule has 1 fully saturated rings. The van der Waals surface area contributed by atoms with Crippen LogP contribution in [-0.4, -0.2) is 22.9 Å². The number of benzene rings is 1. The van der Waals surface area contributed by atoms with E-state index in [-0.39, 0.29) is 0 Å². The summed E-state index contributed by atoms with van der Waals surface area (Å²) in [5.74, 6) is -3.22. The lowest BCUT2D eigenvalue weighted by Gasteiger charge is -2.27. The van der Waals surface area contributed by atoms with Crippen molar-refractivity contribution in [1.82, 2.24) is 10.9 Å². The molecular weight excluding hydrogens is 308 g/mol. The fraction of sp³-hybridized carbons (Fsp3) is 0.400. The molecule has 118 valence electrons. The zero-order valence-corrected chi connectivity index (χ0v) is 12.6. The number of carbonyl (C=O) groups is 3. The van der Waals surface area contributed by atoms with Gasteiger partial charge < -0.3 is 5.11 Å². The fourth-order valence-electron chi connectivity index (χ4n) is 2.62. The van der Waals surface area contributed by atoms with Crippen molar-refractivity contribution in [2.24, 2.45) is 11.8 Å². The molecule has 0 heterocycles. The van der Waals surface area contributed by atoms with Crippen molar-refractivity contribution in [2.75, 3.05) is 0 Å². The minimum atomic E-state index is -0.969. The van der Waals surface area contributed by atoms with Crippen LogP contribution in [-0.2, 0) is 9.59 Å². The molecule has 2 rings (SSSR count). The van der Waals surface area contributed by atoms with Gasteiger partial charge in [-0.1, -0.05) is 24.4 Å². The Bertz CT molecular complexity index is 573. The molecule has 0 aliphatic heterocycles. The molecule has 0 aromatic heterocycles. The van der Waals surface area contributed by atoms with E-state index in [1.807, 2.05) is 0 Å². The number of amides is 2. The number of hydrogen-bond acceptors (Lipinski definition) is 3. The van der Waals surface area contributed by atoms with E-state index in [4.69, 9.17) is 16.7 Å². The summed E-state index contributed by atoms with van der Waals surface area (Å²) < 4.78 is 0. The second kappa shape index (κ2) is 7.26. The van der Waals surface area contributed by atoms with Gasteiger partial charge in [0.1, 0.15) is 0 Å². The topological polar surface area (TPSA) is 95.5 Å². The lowest BCUT2D eigenvalue weighted by Crippen LogP contribution is -2.47. The summed E-state index contributed by atoms with van der Waals surface area (Å²) in [7, 11) is 0. The van der Waals surface area contributed by atoms with E-state index in [0.29, 0.717) is 23.4 Å². The van der Waals surface area contributed by atoms with Gasteiger partial charge >= 0.3 is 5.97 Å². The van der Waals surface area contributed by atoms with Gasteiger partial charge in [-0.3, -0.25) is 25.2 Å². The van der Waals surface area contributed by atoms with Gasteiger partial charge in [0.15, 0.2) is 0 Å². The second-order valence-corrected chi connectivity index (χ2v) is 5.72. The summed E-state index contributed by atoms with van der Waals surface area (Å²) in [5.41, 5.74) is 4.97. The van der Waals surface area contributed by atoms with Gasteiger partial charge in [0.25, 0.3) is 5.91 Å². The second-order valence-electron chi connectivity index (χ2n) is 5.29. The Morgan fingerprint density at radius 1 is 1.00 bits per heavy atom. The van der Waals surface area contributed by atoms with Crippen LogP contribution in [0.1, 0.15) is 36.0 Å². The van der Waals surface area contributed by atoms with Crippen LogP contribution in [0.4, 0.5) is 0 Å². The number of halogens is 1. The van der Waals surface area contributed by atoms with Gasteiger partial charge in [-0.2, -0.15) is 0 Å². The van der Waals surface area contributed by atoms with E-state index in [0.717, 1.165) is 12.8 Å². The summed E-state index contributed by atoms with van der Waals surface area (Å²) in [6, 6.07) is 6.20. The Morgan fingerprint density at radius 3 is 2.18 bits per heavy atom. The Balaban J connectivity index is 1.92. The van der Waals surface area contributed by atoms with Crippen molar-refractivity contribution in [2.45, 2.75) is 25.7 Å². The fourth-order valence-corrected chi connectivity index (χ4v) is 2.75. The van der Waals surface area contributed by atoms with Crippen LogP contribution >= 0.6 is 11.6 Å². The van der Waals surface area contributed by atoms with E-state index in [9.17, 15) is 14.4 Å². The first-order valence-electron chi connectivity index (χ1n) is 7.07. The molecule has 1 saturated carbocycles. The van der Waals surface area contributed by atoms with Crippen LogP contribution in [0.3, 0.4) is 0 Å². The molecule has 2 atom stereocenters. The first-order chi connectivity index (χ1) is 10.5. The molecule has 1 aliphatic carbocycles. The minimum Gasteiger partial charge on any atom is -0.481 e. The van der Waals surface area contributed by atoms with E-state index >= 15 is 0 Å². The number of nitrogens with one attached hydrogen (secondary N) is 2. The van der Waals surface area contributed by atoms with Gasteiger partial charge in [-0.05, 0) is 37.1 Å². The standard InChI is InChI=1S/C15H17ClN2O4/c16-10-7-5-9(6-8-10)13(19)17-18-14(20)11-3-1-2-4-12(11)15(21)22/h5-8,11-12H,1-4H2,(H,17,19)(H,18,20)(H,21,22)/t11-,12-/m0/s1. The summed E-state index contributed by atoms with van der Waals surface area (Å²) in [5, 5.41) is 9.67. The molecule has 1 aromatic rings. The van der Waals surface area contributed by atoms with E-state index in [1.54, 1.807) is 12.1 Å². The number of carbonyl (C=O) groups excluding carboxylic acids is 2. The molecule has 7 heteroatoms. The molecule has 0 radical (unpaired) electrons. The van der Waals surface area contributed by atoms with Crippen molar-refractivity contribution in [1.29, 1.82) is 0 Å². The van der Waals surface area contributed by atoms with Crippen LogP contribution in [0.25, 0.3) is 0 Å². The molecule has 2 amide bonds. The molecule has 0 spiro atoms.